The molecule has 16 heavy (non-hydrogen) atoms. The third-order valence-electron chi connectivity index (χ3n) is 2.85. The van der Waals surface area contributed by atoms with Gasteiger partial charge in [-0.3, -0.25) is 4.79 Å². The first-order valence-electron chi connectivity index (χ1n) is 5.49. The smallest absolute Gasteiger partial charge is 0.270 e. The van der Waals surface area contributed by atoms with Crippen LogP contribution in [0.4, 0.5) is 0 Å². The van der Waals surface area contributed by atoms with E-state index in [1.807, 2.05) is 19.9 Å². The Balaban J connectivity index is 2.05. The second kappa shape index (κ2) is 4.61. The van der Waals surface area contributed by atoms with Gasteiger partial charge in [0.15, 0.2) is 0 Å². The van der Waals surface area contributed by atoms with E-state index < -0.39 is 0 Å². The van der Waals surface area contributed by atoms with E-state index in [9.17, 15) is 4.79 Å². The van der Waals surface area contributed by atoms with Gasteiger partial charge in [-0.25, -0.2) is 4.98 Å². The lowest BCUT2D eigenvalue weighted by Gasteiger charge is -2.10. The monoisotopic (exact) mass is 220 g/mol. The number of carbonyl (C=O) groups excluding carboxylic acids is 1. The van der Waals surface area contributed by atoms with Crippen molar-refractivity contribution in [3.05, 3.63) is 29.1 Å². The second-order valence-corrected chi connectivity index (χ2v) is 4.13. The molecule has 1 aliphatic heterocycles. The number of nitrogens with zero attached hydrogens (tertiary/aromatic N) is 1. The summed E-state index contributed by atoms with van der Waals surface area (Å²) in [4.78, 5) is 16.1. The lowest BCUT2D eigenvalue weighted by Crippen LogP contribution is -2.35. The summed E-state index contributed by atoms with van der Waals surface area (Å²) in [7, 11) is 0. The highest BCUT2D eigenvalue weighted by Gasteiger charge is 2.19. The van der Waals surface area contributed by atoms with Crippen LogP contribution in [0.15, 0.2) is 12.1 Å². The molecule has 1 aromatic heterocycles. The van der Waals surface area contributed by atoms with Crippen LogP contribution < -0.4 is 5.32 Å². The van der Waals surface area contributed by atoms with Crippen LogP contribution in [-0.2, 0) is 4.74 Å². The van der Waals surface area contributed by atoms with E-state index in [-0.39, 0.29) is 11.9 Å². The van der Waals surface area contributed by atoms with E-state index in [0.29, 0.717) is 12.3 Å². The molecule has 0 aromatic carbocycles. The van der Waals surface area contributed by atoms with Gasteiger partial charge < -0.3 is 10.1 Å². The van der Waals surface area contributed by atoms with E-state index in [2.05, 4.69) is 10.3 Å². The third-order valence-corrected chi connectivity index (χ3v) is 2.85. The van der Waals surface area contributed by atoms with Crippen LogP contribution >= 0.6 is 0 Å². The highest BCUT2D eigenvalue weighted by atomic mass is 16.5. The predicted molar refractivity (Wildman–Crippen MR) is 60.4 cm³/mol. The first kappa shape index (κ1) is 11.1. The van der Waals surface area contributed by atoms with Crippen LogP contribution in [0.5, 0.6) is 0 Å². The molecular formula is C12H16N2O2. The van der Waals surface area contributed by atoms with Crippen LogP contribution in [0.1, 0.15) is 28.2 Å². The number of hydrogen-bond donors (Lipinski definition) is 1. The molecule has 0 bridgehead atoms. The largest absolute Gasteiger partial charge is 0.379 e. The normalized spacial score (nSPS) is 19.8. The Labute approximate surface area is 95.0 Å². The molecule has 1 aromatic rings. The third kappa shape index (κ3) is 2.39. The quantitative estimate of drug-likeness (QED) is 0.815. The Hall–Kier alpha value is -1.42. The van der Waals surface area contributed by atoms with Crippen molar-refractivity contribution in [3.63, 3.8) is 0 Å². The summed E-state index contributed by atoms with van der Waals surface area (Å²) in [5, 5.41) is 2.92. The highest BCUT2D eigenvalue weighted by Crippen LogP contribution is 2.07. The minimum Gasteiger partial charge on any atom is -0.379 e. The zero-order chi connectivity index (χ0) is 11.5. The standard InChI is InChI=1S/C12H16N2O2/c1-8-3-4-11(13-9(8)2)12(15)14-10-5-6-16-7-10/h3-4,10H,5-7H2,1-2H3,(H,14,15)/t10-/m0/s1. The van der Waals surface area contributed by atoms with Crippen molar-refractivity contribution in [2.24, 2.45) is 0 Å². The molecule has 2 rings (SSSR count). The fraction of sp³-hybridized carbons (Fsp3) is 0.500. The van der Waals surface area contributed by atoms with Crippen molar-refractivity contribution in [3.8, 4) is 0 Å². The molecule has 0 saturated carbocycles. The SMILES string of the molecule is Cc1ccc(C(=O)N[C@H]2CCOC2)nc1C. The Morgan fingerprint density at radius 2 is 2.31 bits per heavy atom. The van der Waals surface area contributed by atoms with Gasteiger partial charge in [0.05, 0.1) is 12.6 Å². The van der Waals surface area contributed by atoms with E-state index in [0.717, 1.165) is 24.3 Å². The van der Waals surface area contributed by atoms with Gasteiger partial charge in [-0.05, 0) is 31.9 Å². The van der Waals surface area contributed by atoms with Crippen molar-refractivity contribution < 1.29 is 9.53 Å². The molecule has 1 N–H and O–H groups in total. The van der Waals surface area contributed by atoms with Gasteiger partial charge >= 0.3 is 0 Å². The zero-order valence-corrected chi connectivity index (χ0v) is 9.62. The van der Waals surface area contributed by atoms with Gasteiger partial charge in [0.25, 0.3) is 5.91 Å². The van der Waals surface area contributed by atoms with Gasteiger partial charge in [0.2, 0.25) is 0 Å². The van der Waals surface area contributed by atoms with Crippen LogP contribution in [0.25, 0.3) is 0 Å². The van der Waals surface area contributed by atoms with Gasteiger partial charge in [-0.15, -0.1) is 0 Å². The Bertz CT molecular complexity index is 398. The number of amides is 1. The maximum Gasteiger partial charge on any atom is 0.270 e. The number of aryl methyl sites for hydroxylation is 2. The molecule has 86 valence electrons. The zero-order valence-electron chi connectivity index (χ0n) is 9.62. The minimum absolute atomic E-state index is 0.112. The van der Waals surface area contributed by atoms with E-state index in [1.165, 1.54) is 0 Å². The molecule has 1 aliphatic rings. The topological polar surface area (TPSA) is 51.2 Å². The molecule has 2 heterocycles. The maximum atomic E-state index is 11.8. The Morgan fingerprint density at radius 3 is 2.94 bits per heavy atom. The number of ether oxygens (including phenoxy) is 1. The molecule has 1 fully saturated rings. The Kier molecular flexibility index (Phi) is 3.19. The summed E-state index contributed by atoms with van der Waals surface area (Å²) in [6, 6.07) is 3.81. The van der Waals surface area contributed by atoms with Gasteiger partial charge in [0.1, 0.15) is 5.69 Å². The Morgan fingerprint density at radius 1 is 1.50 bits per heavy atom. The van der Waals surface area contributed by atoms with E-state index in [4.69, 9.17) is 4.74 Å². The van der Waals surface area contributed by atoms with E-state index in [1.54, 1.807) is 6.07 Å². The molecule has 1 amide bonds. The van der Waals surface area contributed by atoms with Crippen molar-refractivity contribution >= 4 is 5.91 Å². The lowest BCUT2D eigenvalue weighted by molar-refractivity contribution is 0.0924. The van der Waals surface area contributed by atoms with Crippen molar-refractivity contribution in [1.29, 1.82) is 0 Å². The maximum absolute atomic E-state index is 11.8. The van der Waals surface area contributed by atoms with Crippen molar-refractivity contribution in [1.82, 2.24) is 10.3 Å². The van der Waals surface area contributed by atoms with Crippen LogP contribution in [-0.4, -0.2) is 30.1 Å². The lowest BCUT2D eigenvalue weighted by atomic mass is 10.2. The van der Waals surface area contributed by atoms with Crippen molar-refractivity contribution in [2.45, 2.75) is 26.3 Å². The molecule has 0 radical (unpaired) electrons. The summed E-state index contributed by atoms with van der Waals surface area (Å²) >= 11 is 0. The molecule has 0 aliphatic carbocycles. The average molecular weight is 220 g/mol. The number of hydrogen-bond acceptors (Lipinski definition) is 3. The molecule has 1 atom stereocenters. The summed E-state index contributed by atoms with van der Waals surface area (Å²) < 4.78 is 5.20. The molecular weight excluding hydrogens is 204 g/mol. The van der Waals surface area contributed by atoms with Crippen molar-refractivity contribution in [2.75, 3.05) is 13.2 Å². The van der Waals surface area contributed by atoms with Gasteiger partial charge in [0, 0.05) is 12.3 Å². The number of carbonyl (C=O) groups is 1. The van der Waals surface area contributed by atoms with Crippen LogP contribution in [0.2, 0.25) is 0 Å². The summed E-state index contributed by atoms with van der Waals surface area (Å²) in [6.07, 6.45) is 0.885. The second-order valence-electron chi connectivity index (χ2n) is 4.13. The fourth-order valence-corrected chi connectivity index (χ4v) is 1.66. The molecule has 0 unspecified atom stereocenters. The number of aromatic nitrogens is 1. The molecule has 4 nitrogen and oxygen atoms in total. The molecule has 1 saturated heterocycles. The van der Waals surface area contributed by atoms with Gasteiger partial charge in [-0.1, -0.05) is 6.07 Å². The minimum atomic E-state index is -0.112. The highest BCUT2D eigenvalue weighted by molar-refractivity contribution is 5.92. The number of rotatable bonds is 2. The number of nitrogens with one attached hydrogen (secondary N) is 1. The fourth-order valence-electron chi connectivity index (χ4n) is 1.66. The average Bonchev–Trinajstić information content (AvgIpc) is 2.74. The number of pyridine rings is 1. The molecule has 4 heteroatoms. The van der Waals surface area contributed by atoms with Crippen LogP contribution in [0.3, 0.4) is 0 Å². The summed E-state index contributed by atoms with van der Waals surface area (Å²) in [5.41, 5.74) is 2.48. The summed E-state index contributed by atoms with van der Waals surface area (Å²) in [6.45, 7) is 5.22. The summed E-state index contributed by atoms with van der Waals surface area (Å²) in [5.74, 6) is -0.112. The first-order chi connectivity index (χ1) is 7.66. The van der Waals surface area contributed by atoms with Gasteiger partial charge in [-0.2, -0.15) is 0 Å². The van der Waals surface area contributed by atoms with E-state index >= 15 is 0 Å². The van der Waals surface area contributed by atoms with Crippen LogP contribution in [0, 0.1) is 13.8 Å². The molecule has 0 spiro atoms. The first-order valence-corrected chi connectivity index (χ1v) is 5.49. The predicted octanol–water partition coefficient (Wildman–Crippen LogP) is 1.22.